The summed E-state index contributed by atoms with van der Waals surface area (Å²) in [6, 6.07) is 5.21. The van der Waals surface area contributed by atoms with Crippen molar-refractivity contribution in [1.29, 1.82) is 0 Å². The fourth-order valence-corrected chi connectivity index (χ4v) is 5.25. The lowest BCUT2D eigenvalue weighted by molar-refractivity contribution is 0.212. The third-order valence-corrected chi connectivity index (χ3v) is 6.56. The molecule has 21 heavy (non-hydrogen) atoms. The minimum Gasteiger partial charge on any atom is -0.326 e. The van der Waals surface area contributed by atoms with Crippen LogP contribution < -0.4 is 10.5 Å². The maximum Gasteiger partial charge on any atom is 0.241 e. The summed E-state index contributed by atoms with van der Waals surface area (Å²) >= 11 is 3.32. The van der Waals surface area contributed by atoms with Crippen LogP contribution in [-0.4, -0.2) is 14.5 Å². The Hall–Kier alpha value is -0.430. The van der Waals surface area contributed by atoms with Crippen LogP contribution in [-0.2, 0) is 16.6 Å². The number of nitrogens with one attached hydrogen (secondary N) is 1. The van der Waals surface area contributed by atoms with Gasteiger partial charge in [-0.05, 0) is 58.3 Å². The van der Waals surface area contributed by atoms with Gasteiger partial charge in [0.2, 0.25) is 10.0 Å². The Morgan fingerprint density at radius 3 is 2.76 bits per heavy atom. The zero-order valence-corrected chi connectivity index (χ0v) is 14.9. The van der Waals surface area contributed by atoms with Crippen LogP contribution in [0.1, 0.15) is 45.1 Å². The monoisotopic (exact) mass is 374 g/mol. The molecular formula is C15H23BrN2O2S. The molecule has 3 N–H and O–H groups in total. The summed E-state index contributed by atoms with van der Waals surface area (Å²) in [5.74, 6) is 0. The Morgan fingerprint density at radius 2 is 2.14 bits per heavy atom. The van der Waals surface area contributed by atoms with Crippen LogP contribution in [0, 0.1) is 5.41 Å². The van der Waals surface area contributed by atoms with E-state index in [1.165, 1.54) is 0 Å². The number of hydrogen-bond acceptors (Lipinski definition) is 3. The lowest BCUT2D eigenvalue weighted by Gasteiger charge is -2.35. The first-order chi connectivity index (χ1) is 9.73. The average Bonchev–Trinajstić information content (AvgIpc) is 2.37. The zero-order chi connectivity index (χ0) is 15.7. The maximum atomic E-state index is 12.6. The van der Waals surface area contributed by atoms with Gasteiger partial charge in [-0.3, -0.25) is 0 Å². The Kier molecular flexibility index (Phi) is 5.13. The molecule has 0 aromatic heterocycles. The van der Waals surface area contributed by atoms with Gasteiger partial charge in [0.05, 0.1) is 4.90 Å². The Bertz CT molecular complexity index is 614. The lowest BCUT2D eigenvalue weighted by atomic mass is 9.75. The molecule has 0 saturated heterocycles. The van der Waals surface area contributed by atoms with Gasteiger partial charge in [-0.1, -0.05) is 26.3 Å². The smallest absolute Gasteiger partial charge is 0.241 e. The van der Waals surface area contributed by atoms with E-state index in [2.05, 4.69) is 34.5 Å². The lowest BCUT2D eigenvalue weighted by Crippen LogP contribution is -2.40. The Labute approximate surface area is 135 Å². The van der Waals surface area contributed by atoms with Crippen molar-refractivity contribution >= 4 is 26.0 Å². The molecular weight excluding hydrogens is 352 g/mol. The van der Waals surface area contributed by atoms with E-state index in [0.717, 1.165) is 31.2 Å². The molecule has 1 aromatic rings. The standard InChI is InChI=1S/C15H23BrN2O2S/c1-15(2)7-3-4-12(9-15)18-21(19,20)14-8-11(10-17)5-6-13(14)16/h5-6,8,12,18H,3-4,7,9-10,17H2,1-2H3. The van der Waals surface area contributed by atoms with Crippen LogP contribution in [0.25, 0.3) is 0 Å². The molecule has 1 atom stereocenters. The molecule has 118 valence electrons. The van der Waals surface area contributed by atoms with E-state index in [4.69, 9.17) is 5.73 Å². The normalized spacial score (nSPS) is 22.2. The summed E-state index contributed by atoms with van der Waals surface area (Å²) in [7, 11) is -3.53. The Morgan fingerprint density at radius 1 is 1.43 bits per heavy atom. The predicted octanol–water partition coefficient (Wildman–Crippen LogP) is 3.15. The molecule has 0 spiro atoms. The van der Waals surface area contributed by atoms with E-state index in [0.29, 0.717) is 11.0 Å². The molecule has 0 aliphatic heterocycles. The predicted molar refractivity (Wildman–Crippen MR) is 88.4 cm³/mol. The molecule has 1 unspecified atom stereocenters. The zero-order valence-electron chi connectivity index (χ0n) is 12.5. The summed E-state index contributed by atoms with van der Waals surface area (Å²) in [5.41, 5.74) is 6.61. The second-order valence-corrected chi connectivity index (χ2v) is 9.08. The second kappa shape index (κ2) is 6.36. The van der Waals surface area contributed by atoms with Crippen molar-refractivity contribution in [2.24, 2.45) is 11.1 Å². The minimum absolute atomic E-state index is 0.00665. The third-order valence-electron chi connectivity index (χ3n) is 4.05. The van der Waals surface area contributed by atoms with Crippen LogP contribution in [0.15, 0.2) is 27.6 Å². The van der Waals surface area contributed by atoms with Gasteiger partial charge in [0.1, 0.15) is 0 Å². The van der Waals surface area contributed by atoms with Crippen molar-refractivity contribution in [3.8, 4) is 0 Å². The third kappa shape index (κ3) is 4.28. The highest BCUT2D eigenvalue weighted by molar-refractivity contribution is 9.10. The van der Waals surface area contributed by atoms with E-state index < -0.39 is 10.0 Å². The van der Waals surface area contributed by atoms with E-state index in [-0.39, 0.29) is 16.4 Å². The second-order valence-electron chi connectivity index (χ2n) is 6.55. The van der Waals surface area contributed by atoms with Crippen molar-refractivity contribution in [2.75, 3.05) is 0 Å². The number of halogens is 1. The van der Waals surface area contributed by atoms with Gasteiger partial charge in [0.15, 0.2) is 0 Å². The van der Waals surface area contributed by atoms with Gasteiger partial charge in [-0.2, -0.15) is 0 Å². The summed E-state index contributed by atoms with van der Waals surface area (Å²) < 4.78 is 28.7. The van der Waals surface area contributed by atoms with Gasteiger partial charge >= 0.3 is 0 Å². The van der Waals surface area contributed by atoms with Crippen LogP contribution in [0.3, 0.4) is 0 Å². The van der Waals surface area contributed by atoms with Crippen molar-refractivity contribution in [3.63, 3.8) is 0 Å². The fraction of sp³-hybridized carbons (Fsp3) is 0.600. The molecule has 0 amide bonds. The number of hydrogen-bond donors (Lipinski definition) is 2. The first kappa shape index (κ1) is 16.9. The molecule has 0 heterocycles. The van der Waals surface area contributed by atoms with Gasteiger partial charge in [0, 0.05) is 17.1 Å². The molecule has 2 rings (SSSR count). The van der Waals surface area contributed by atoms with E-state index in [9.17, 15) is 8.42 Å². The molecule has 6 heteroatoms. The van der Waals surface area contributed by atoms with E-state index in [1.807, 2.05) is 6.07 Å². The van der Waals surface area contributed by atoms with Crippen molar-refractivity contribution in [2.45, 2.75) is 57.0 Å². The van der Waals surface area contributed by atoms with Crippen molar-refractivity contribution < 1.29 is 8.42 Å². The first-order valence-corrected chi connectivity index (χ1v) is 9.52. The number of benzene rings is 1. The molecule has 0 radical (unpaired) electrons. The highest BCUT2D eigenvalue weighted by Crippen LogP contribution is 2.36. The SMILES string of the molecule is CC1(C)CCCC(NS(=O)(=O)c2cc(CN)ccc2Br)C1. The van der Waals surface area contributed by atoms with Crippen LogP contribution >= 0.6 is 15.9 Å². The highest BCUT2D eigenvalue weighted by atomic mass is 79.9. The average molecular weight is 375 g/mol. The molecule has 1 aliphatic carbocycles. The topological polar surface area (TPSA) is 72.2 Å². The molecule has 1 fully saturated rings. The highest BCUT2D eigenvalue weighted by Gasteiger charge is 2.31. The molecule has 1 saturated carbocycles. The summed E-state index contributed by atoms with van der Waals surface area (Å²) in [4.78, 5) is 0.272. The molecule has 4 nitrogen and oxygen atoms in total. The van der Waals surface area contributed by atoms with Crippen molar-refractivity contribution in [1.82, 2.24) is 4.72 Å². The van der Waals surface area contributed by atoms with E-state index >= 15 is 0 Å². The van der Waals surface area contributed by atoms with Gasteiger partial charge in [0.25, 0.3) is 0 Å². The largest absolute Gasteiger partial charge is 0.326 e. The van der Waals surface area contributed by atoms with Crippen molar-refractivity contribution in [3.05, 3.63) is 28.2 Å². The maximum absolute atomic E-state index is 12.6. The van der Waals surface area contributed by atoms with Crippen LogP contribution in [0.5, 0.6) is 0 Å². The van der Waals surface area contributed by atoms with Crippen LogP contribution in [0.4, 0.5) is 0 Å². The summed E-state index contributed by atoms with van der Waals surface area (Å²) in [5, 5.41) is 0. The van der Waals surface area contributed by atoms with Gasteiger partial charge in [-0.25, -0.2) is 13.1 Å². The van der Waals surface area contributed by atoms with E-state index in [1.54, 1.807) is 12.1 Å². The molecule has 1 aromatic carbocycles. The number of rotatable bonds is 4. The van der Waals surface area contributed by atoms with Crippen LogP contribution in [0.2, 0.25) is 0 Å². The number of nitrogens with two attached hydrogens (primary N) is 1. The molecule has 1 aliphatic rings. The molecule has 0 bridgehead atoms. The minimum atomic E-state index is -3.53. The fourth-order valence-electron chi connectivity index (χ4n) is 2.96. The quantitative estimate of drug-likeness (QED) is 0.849. The summed E-state index contributed by atoms with van der Waals surface area (Å²) in [6.45, 7) is 4.71. The number of sulfonamides is 1. The Balaban J connectivity index is 2.22. The first-order valence-electron chi connectivity index (χ1n) is 7.24. The van der Waals surface area contributed by atoms with Gasteiger partial charge < -0.3 is 5.73 Å². The van der Waals surface area contributed by atoms with Gasteiger partial charge in [-0.15, -0.1) is 0 Å². The summed E-state index contributed by atoms with van der Waals surface area (Å²) in [6.07, 6.45) is 3.99.